The van der Waals surface area contributed by atoms with E-state index in [2.05, 4.69) is 15.3 Å². The van der Waals surface area contributed by atoms with Crippen LogP contribution in [0.2, 0.25) is 0 Å². The first-order valence-corrected chi connectivity index (χ1v) is 6.03. The second kappa shape index (κ2) is 4.79. The lowest BCUT2D eigenvalue weighted by atomic mass is 9.96. The molecule has 2 rings (SSSR count). The number of amides is 1. The summed E-state index contributed by atoms with van der Waals surface area (Å²) in [5.74, 6) is -1.04. The Kier molecular flexibility index (Phi) is 3.33. The third kappa shape index (κ3) is 2.33. The third-order valence-corrected chi connectivity index (χ3v) is 2.99. The molecule has 0 fully saturated rings. The maximum Gasteiger partial charge on any atom is 0.338 e. The minimum Gasteiger partial charge on any atom is -0.478 e. The SMILES string of the molecule is CC1N=C(c2nccc(C(C)C)c2C(=O)O)NC1=O. The molecule has 1 aliphatic heterocycles. The average molecular weight is 261 g/mol. The molecule has 2 N–H and O–H groups in total. The monoisotopic (exact) mass is 261 g/mol. The Hall–Kier alpha value is -2.24. The van der Waals surface area contributed by atoms with E-state index in [1.807, 2.05) is 13.8 Å². The van der Waals surface area contributed by atoms with Crippen LogP contribution in [0.15, 0.2) is 17.3 Å². The molecule has 1 amide bonds. The predicted octanol–water partition coefficient (Wildman–Crippen LogP) is 1.17. The number of rotatable bonds is 3. The van der Waals surface area contributed by atoms with E-state index in [9.17, 15) is 14.7 Å². The molecule has 0 saturated carbocycles. The van der Waals surface area contributed by atoms with Crippen LogP contribution in [-0.4, -0.2) is 33.8 Å². The van der Waals surface area contributed by atoms with E-state index >= 15 is 0 Å². The second-order valence-corrected chi connectivity index (χ2v) is 4.73. The lowest BCUT2D eigenvalue weighted by Crippen LogP contribution is -2.30. The van der Waals surface area contributed by atoms with Gasteiger partial charge < -0.3 is 10.4 Å². The second-order valence-electron chi connectivity index (χ2n) is 4.73. The summed E-state index contributed by atoms with van der Waals surface area (Å²) in [6.07, 6.45) is 1.54. The molecule has 1 unspecified atom stereocenters. The molecule has 0 aromatic carbocycles. The number of aromatic nitrogens is 1. The van der Waals surface area contributed by atoms with E-state index in [0.29, 0.717) is 5.56 Å². The number of pyridine rings is 1. The molecule has 6 nitrogen and oxygen atoms in total. The van der Waals surface area contributed by atoms with Gasteiger partial charge in [0.2, 0.25) is 5.91 Å². The topological polar surface area (TPSA) is 91.7 Å². The summed E-state index contributed by atoms with van der Waals surface area (Å²) in [4.78, 5) is 31.1. The molecule has 100 valence electrons. The maximum absolute atomic E-state index is 11.5. The van der Waals surface area contributed by atoms with Gasteiger partial charge in [-0.2, -0.15) is 0 Å². The van der Waals surface area contributed by atoms with Crippen molar-refractivity contribution in [1.82, 2.24) is 10.3 Å². The summed E-state index contributed by atoms with van der Waals surface area (Å²) >= 11 is 0. The molecule has 6 heteroatoms. The van der Waals surface area contributed by atoms with Crippen LogP contribution in [0.5, 0.6) is 0 Å². The zero-order valence-electron chi connectivity index (χ0n) is 11.0. The predicted molar refractivity (Wildman–Crippen MR) is 69.4 cm³/mol. The fourth-order valence-electron chi connectivity index (χ4n) is 1.99. The van der Waals surface area contributed by atoms with Gasteiger partial charge in [-0.05, 0) is 24.5 Å². The fourth-order valence-corrected chi connectivity index (χ4v) is 1.99. The molecule has 1 aromatic rings. The lowest BCUT2D eigenvalue weighted by molar-refractivity contribution is -0.119. The number of nitrogens with zero attached hydrogens (tertiary/aromatic N) is 2. The van der Waals surface area contributed by atoms with Crippen LogP contribution < -0.4 is 5.32 Å². The molecule has 1 aliphatic rings. The van der Waals surface area contributed by atoms with Gasteiger partial charge in [0.15, 0.2) is 5.84 Å². The van der Waals surface area contributed by atoms with E-state index < -0.39 is 12.0 Å². The smallest absolute Gasteiger partial charge is 0.338 e. The molecule has 19 heavy (non-hydrogen) atoms. The number of carboxylic acids is 1. The normalized spacial score (nSPS) is 18.4. The van der Waals surface area contributed by atoms with Gasteiger partial charge in [-0.1, -0.05) is 13.8 Å². The van der Waals surface area contributed by atoms with Crippen molar-refractivity contribution in [2.45, 2.75) is 32.7 Å². The molecule has 0 radical (unpaired) electrons. The quantitative estimate of drug-likeness (QED) is 0.854. The number of aliphatic imine (C=N–C) groups is 1. The summed E-state index contributed by atoms with van der Waals surface area (Å²) in [7, 11) is 0. The first-order valence-electron chi connectivity index (χ1n) is 6.03. The molecular formula is C13H15N3O3. The van der Waals surface area contributed by atoms with Gasteiger partial charge >= 0.3 is 5.97 Å². The number of carbonyl (C=O) groups is 2. The van der Waals surface area contributed by atoms with Crippen molar-refractivity contribution >= 4 is 17.7 Å². The van der Waals surface area contributed by atoms with Gasteiger partial charge in [0, 0.05) is 6.20 Å². The Labute approximate surface area is 110 Å². The highest BCUT2D eigenvalue weighted by Crippen LogP contribution is 2.22. The Morgan fingerprint density at radius 1 is 1.47 bits per heavy atom. The largest absolute Gasteiger partial charge is 0.478 e. The van der Waals surface area contributed by atoms with Crippen LogP contribution in [0.25, 0.3) is 0 Å². The zero-order valence-corrected chi connectivity index (χ0v) is 11.0. The van der Waals surface area contributed by atoms with Gasteiger partial charge in [-0.3, -0.25) is 14.8 Å². The van der Waals surface area contributed by atoms with Crippen molar-refractivity contribution in [1.29, 1.82) is 0 Å². The van der Waals surface area contributed by atoms with E-state index in [-0.39, 0.29) is 28.9 Å². The molecule has 2 heterocycles. The number of amidine groups is 1. The molecule has 0 aliphatic carbocycles. The Morgan fingerprint density at radius 2 is 2.16 bits per heavy atom. The first kappa shape index (κ1) is 13.2. The van der Waals surface area contributed by atoms with Crippen LogP contribution in [0.4, 0.5) is 0 Å². The molecular weight excluding hydrogens is 246 g/mol. The van der Waals surface area contributed by atoms with Crippen LogP contribution in [-0.2, 0) is 4.79 Å². The maximum atomic E-state index is 11.5. The van der Waals surface area contributed by atoms with E-state index in [0.717, 1.165) is 0 Å². The van der Waals surface area contributed by atoms with Crippen LogP contribution >= 0.6 is 0 Å². The summed E-state index contributed by atoms with van der Waals surface area (Å²) in [5, 5.41) is 11.9. The van der Waals surface area contributed by atoms with Crippen molar-refractivity contribution in [2.24, 2.45) is 4.99 Å². The van der Waals surface area contributed by atoms with Crippen molar-refractivity contribution in [3.63, 3.8) is 0 Å². The Bertz CT molecular complexity index is 578. The number of nitrogens with one attached hydrogen (secondary N) is 1. The van der Waals surface area contributed by atoms with Crippen molar-refractivity contribution in [3.8, 4) is 0 Å². The highest BCUT2D eigenvalue weighted by atomic mass is 16.4. The summed E-state index contributed by atoms with van der Waals surface area (Å²) in [6.45, 7) is 5.46. The summed E-state index contributed by atoms with van der Waals surface area (Å²) < 4.78 is 0. The lowest BCUT2D eigenvalue weighted by Gasteiger charge is -2.12. The molecule has 0 saturated heterocycles. The van der Waals surface area contributed by atoms with E-state index in [4.69, 9.17) is 0 Å². The van der Waals surface area contributed by atoms with E-state index in [1.54, 1.807) is 13.0 Å². The van der Waals surface area contributed by atoms with Crippen LogP contribution in [0.3, 0.4) is 0 Å². The van der Waals surface area contributed by atoms with Crippen LogP contribution in [0.1, 0.15) is 48.3 Å². The highest BCUT2D eigenvalue weighted by molar-refractivity contribution is 6.16. The first-order chi connectivity index (χ1) is 8.91. The molecule has 0 bridgehead atoms. The van der Waals surface area contributed by atoms with Gasteiger partial charge in [-0.15, -0.1) is 0 Å². The summed E-state index contributed by atoms with van der Waals surface area (Å²) in [6, 6.07) is 1.17. The van der Waals surface area contributed by atoms with E-state index in [1.165, 1.54) is 6.20 Å². The number of carboxylic acid groups (broad SMARTS) is 1. The van der Waals surface area contributed by atoms with Gasteiger partial charge in [-0.25, -0.2) is 4.79 Å². The van der Waals surface area contributed by atoms with Gasteiger partial charge in [0.25, 0.3) is 0 Å². The average Bonchev–Trinajstić information content (AvgIpc) is 2.68. The highest BCUT2D eigenvalue weighted by Gasteiger charge is 2.28. The Balaban J connectivity index is 2.58. The minimum absolute atomic E-state index is 0.0444. The zero-order chi connectivity index (χ0) is 14.2. The Morgan fingerprint density at radius 3 is 2.63 bits per heavy atom. The number of aromatic carboxylic acids is 1. The molecule has 1 aromatic heterocycles. The van der Waals surface area contributed by atoms with Gasteiger partial charge in [0.1, 0.15) is 11.7 Å². The standard InChI is InChI=1S/C13H15N3O3/c1-6(2)8-4-5-14-10(9(8)13(18)19)11-15-7(3)12(17)16-11/h4-7H,1-3H3,(H,18,19)(H,15,16,17). The fraction of sp³-hybridized carbons (Fsp3) is 0.385. The minimum atomic E-state index is -1.07. The molecule has 1 atom stereocenters. The van der Waals surface area contributed by atoms with Crippen molar-refractivity contribution in [2.75, 3.05) is 0 Å². The third-order valence-electron chi connectivity index (χ3n) is 2.99. The van der Waals surface area contributed by atoms with Crippen molar-refractivity contribution < 1.29 is 14.7 Å². The molecule has 0 spiro atoms. The number of hydrogen-bond donors (Lipinski definition) is 2. The number of carbonyl (C=O) groups excluding carboxylic acids is 1. The summed E-state index contributed by atoms with van der Waals surface area (Å²) in [5.41, 5.74) is 0.996. The van der Waals surface area contributed by atoms with Crippen LogP contribution in [0, 0.1) is 0 Å². The van der Waals surface area contributed by atoms with Gasteiger partial charge in [0.05, 0.1) is 5.56 Å². The van der Waals surface area contributed by atoms with Crippen molar-refractivity contribution in [3.05, 3.63) is 29.1 Å². The number of hydrogen-bond acceptors (Lipinski definition) is 4.